The molecule has 35 heavy (non-hydrogen) atoms. The molecule has 10 nitrogen and oxygen atoms in total. The van der Waals surface area contributed by atoms with Crippen molar-refractivity contribution in [3.63, 3.8) is 0 Å². The second-order valence-corrected chi connectivity index (χ2v) is 8.40. The summed E-state index contributed by atoms with van der Waals surface area (Å²) in [5, 5.41) is 3.02. The van der Waals surface area contributed by atoms with Gasteiger partial charge in [-0.1, -0.05) is 12.1 Å². The molecule has 1 aromatic heterocycles. The zero-order valence-corrected chi connectivity index (χ0v) is 20.3. The Morgan fingerprint density at radius 1 is 1.06 bits per heavy atom. The normalized spacial score (nSPS) is 14.2. The van der Waals surface area contributed by atoms with E-state index in [4.69, 9.17) is 9.47 Å². The van der Waals surface area contributed by atoms with Crippen molar-refractivity contribution in [1.82, 2.24) is 14.5 Å². The Morgan fingerprint density at radius 2 is 1.80 bits per heavy atom. The molecule has 1 saturated heterocycles. The van der Waals surface area contributed by atoms with E-state index in [1.54, 1.807) is 19.2 Å². The molecule has 2 aromatic carbocycles. The Hall–Kier alpha value is -3.79. The number of piperazine rings is 1. The lowest BCUT2D eigenvalue weighted by Gasteiger charge is -2.36. The molecule has 2 N–H and O–H groups in total. The van der Waals surface area contributed by atoms with Crippen LogP contribution >= 0.6 is 0 Å². The van der Waals surface area contributed by atoms with E-state index >= 15 is 0 Å². The van der Waals surface area contributed by atoms with E-state index in [9.17, 15) is 14.4 Å². The lowest BCUT2D eigenvalue weighted by Crippen LogP contribution is -2.48. The molecular formula is C25H31N5O5. The van der Waals surface area contributed by atoms with E-state index in [0.29, 0.717) is 35.5 Å². The fourth-order valence-corrected chi connectivity index (χ4v) is 4.39. The first-order valence-electron chi connectivity index (χ1n) is 11.7. The molecule has 0 spiro atoms. The van der Waals surface area contributed by atoms with Gasteiger partial charge in [0.05, 0.1) is 36.0 Å². The highest BCUT2D eigenvalue weighted by Crippen LogP contribution is 2.29. The van der Waals surface area contributed by atoms with Crippen LogP contribution in [-0.4, -0.2) is 66.8 Å². The lowest BCUT2D eigenvalue weighted by molar-refractivity contribution is -0.114. The van der Waals surface area contributed by atoms with Crippen LogP contribution in [0.4, 0.5) is 11.4 Å². The summed E-state index contributed by atoms with van der Waals surface area (Å²) in [5.41, 5.74) is 0.974. The minimum atomic E-state index is -0.479. The van der Waals surface area contributed by atoms with Gasteiger partial charge in [0.25, 0.3) is 5.56 Å². The lowest BCUT2D eigenvalue weighted by atomic mass is 10.2. The Kier molecular flexibility index (Phi) is 7.40. The van der Waals surface area contributed by atoms with Gasteiger partial charge in [0, 0.05) is 46.2 Å². The number of nitrogens with zero attached hydrogens (tertiary/aromatic N) is 3. The molecule has 1 fully saturated rings. The molecule has 0 radical (unpaired) electrons. The van der Waals surface area contributed by atoms with Crippen LogP contribution in [0.25, 0.3) is 10.9 Å². The molecule has 4 rings (SSSR count). The Morgan fingerprint density at radius 3 is 2.49 bits per heavy atom. The van der Waals surface area contributed by atoms with Crippen molar-refractivity contribution in [2.75, 3.05) is 56.7 Å². The minimum absolute atomic E-state index is 0.271. The monoisotopic (exact) mass is 481 g/mol. The summed E-state index contributed by atoms with van der Waals surface area (Å²) in [5.74, 6) is 0.966. The summed E-state index contributed by atoms with van der Waals surface area (Å²) in [4.78, 5) is 44.7. The fourth-order valence-electron chi connectivity index (χ4n) is 4.39. The van der Waals surface area contributed by atoms with E-state index in [-0.39, 0.29) is 18.0 Å². The first kappa shape index (κ1) is 24.3. The summed E-state index contributed by atoms with van der Waals surface area (Å²) in [7, 11) is 1.67. The highest BCUT2D eigenvalue weighted by Gasteiger charge is 2.20. The van der Waals surface area contributed by atoms with Gasteiger partial charge in [0.1, 0.15) is 11.5 Å². The van der Waals surface area contributed by atoms with Crippen molar-refractivity contribution < 1.29 is 14.3 Å². The highest BCUT2D eigenvalue weighted by molar-refractivity contribution is 5.94. The SMILES string of the molecule is CCOc1cc2c(=O)n(CCN3CCN(c4ccccc4OC)CC3)c(=O)[nH]c2cc1NC(C)=O. The summed E-state index contributed by atoms with van der Waals surface area (Å²) < 4.78 is 12.3. The number of rotatable bonds is 8. The molecule has 0 atom stereocenters. The number of fused-ring (bicyclic) bond motifs is 1. The van der Waals surface area contributed by atoms with Gasteiger partial charge in [0.2, 0.25) is 5.91 Å². The van der Waals surface area contributed by atoms with E-state index in [1.165, 1.54) is 11.5 Å². The van der Waals surface area contributed by atoms with Gasteiger partial charge in [-0.15, -0.1) is 0 Å². The van der Waals surface area contributed by atoms with Crippen molar-refractivity contribution in [1.29, 1.82) is 0 Å². The number of methoxy groups -OCH3 is 1. The van der Waals surface area contributed by atoms with Gasteiger partial charge in [-0.05, 0) is 31.2 Å². The smallest absolute Gasteiger partial charge is 0.328 e. The Labute approximate surface area is 203 Å². The van der Waals surface area contributed by atoms with Crippen molar-refractivity contribution in [3.05, 3.63) is 57.2 Å². The van der Waals surface area contributed by atoms with Crippen LogP contribution in [-0.2, 0) is 11.3 Å². The number of H-pyrrole nitrogens is 1. The molecule has 10 heteroatoms. The standard InChI is InChI=1S/C25H31N5O5/c1-4-35-23-15-18-19(16-20(23)26-17(2)31)27-25(33)30(24(18)32)14-11-28-9-12-29(13-10-28)21-7-5-6-8-22(21)34-3/h5-8,15-16H,4,9-14H2,1-3H3,(H,26,31)(H,27,33). The summed E-state index contributed by atoms with van der Waals surface area (Å²) in [6.07, 6.45) is 0. The third kappa shape index (κ3) is 5.32. The van der Waals surface area contributed by atoms with E-state index in [1.807, 2.05) is 25.1 Å². The number of carbonyl (C=O) groups excluding carboxylic acids is 1. The second kappa shape index (κ2) is 10.6. The van der Waals surface area contributed by atoms with E-state index < -0.39 is 5.69 Å². The van der Waals surface area contributed by atoms with Crippen LogP contribution in [0, 0.1) is 0 Å². The predicted molar refractivity (Wildman–Crippen MR) is 136 cm³/mol. The number of hydrogen-bond donors (Lipinski definition) is 2. The number of aromatic amines is 1. The van der Waals surface area contributed by atoms with Gasteiger partial charge >= 0.3 is 5.69 Å². The number of amides is 1. The van der Waals surface area contributed by atoms with Crippen molar-refractivity contribution >= 4 is 28.2 Å². The van der Waals surface area contributed by atoms with Gasteiger partial charge in [-0.25, -0.2) is 4.79 Å². The zero-order chi connectivity index (χ0) is 24.9. The number of ether oxygens (including phenoxy) is 2. The molecule has 186 valence electrons. The molecule has 3 aromatic rings. The number of nitrogens with one attached hydrogen (secondary N) is 2. The largest absolute Gasteiger partial charge is 0.495 e. The number of hydrogen-bond acceptors (Lipinski definition) is 7. The topological polar surface area (TPSA) is 109 Å². The molecule has 0 saturated carbocycles. The van der Waals surface area contributed by atoms with Crippen LogP contribution in [0.15, 0.2) is 46.0 Å². The summed E-state index contributed by atoms with van der Waals surface area (Å²) >= 11 is 0. The molecule has 1 amide bonds. The maximum absolute atomic E-state index is 13.2. The summed E-state index contributed by atoms with van der Waals surface area (Å²) in [6.45, 7) is 7.71. The molecule has 1 aliphatic heterocycles. The number of aromatic nitrogens is 2. The number of benzene rings is 2. The van der Waals surface area contributed by atoms with Crippen LogP contribution in [0.3, 0.4) is 0 Å². The molecule has 0 aliphatic carbocycles. The molecule has 2 heterocycles. The first-order chi connectivity index (χ1) is 16.9. The minimum Gasteiger partial charge on any atom is -0.495 e. The van der Waals surface area contributed by atoms with Gasteiger partial charge < -0.3 is 24.7 Å². The average Bonchev–Trinajstić information content (AvgIpc) is 2.85. The highest BCUT2D eigenvalue weighted by atomic mass is 16.5. The quantitative estimate of drug-likeness (QED) is 0.506. The maximum atomic E-state index is 13.2. The van der Waals surface area contributed by atoms with Crippen molar-refractivity contribution in [3.8, 4) is 11.5 Å². The first-order valence-corrected chi connectivity index (χ1v) is 11.7. The fraction of sp³-hybridized carbons (Fsp3) is 0.400. The van der Waals surface area contributed by atoms with Gasteiger partial charge in [0.15, 0.2) is 0 Å². The zero-order valence-electron chi connectivity index (χ0n) is 20.3. The van der Waals surface area contributed by atoms with Crippen LogP contribution in [0.1, 0.15) is 13.8 Å². The molecule has 0 unspecified atom stereocenters. The molecular weight excluding hydrogens is 450 g/mol. The Bertz CT molecular complexity index is 1320. The maximum Gasteiger partial charge on any atom is 0.328 e. The van der Waals surface area contributed by atoms with Gasteiger partial charge in [-0.2, -0.15) is 0 Å². The number of anilines is 2. The van der Waals surface area contributed by atoms with Gasteiger partial charge in [-0.3, -0.25) is 19.1 Å². The third-order valence-corrected chi connectivity index (χ3v) is 6.13. The van der Waals surface area contributed by atoms with E-state index in [0.717, 1.165) is 37.6 Å². The average molecular weight is 482 g/mol. The van der Waals surface area contributed by atoms with Crippen LogP contribution in [0.2, 0.25) is 0 Å². The molecule has 0 bridgehead atoms. The predicted octanol–water partition coefficient (Wildman–Crippen LogP) is 1.88. The molecule has 1 aliphatic rings. The van der Waals surface area contributed by atoms with E-state index in [2.05, 4.69) is 26.2 Å². The Balaban J connectivity index is 1.49. The van der Waals surface area contributed by atoms with Crippen molar-refractivity contribution in [2.45, 2.75) is 20.4 Å². The third-order valence-electron chi connectivity index (χ3n) is 6.13. The van der Waals surface area contributed by atoms with Crippen LogP contribution in [0.5, 0.6) is 11.5 Å². The second-order valence-electron chi connectivity index (χ2n) is 8.40. The number of carbonyl (C=O) groups is 1. The number of para-hydroxylation sites is 2. The summed E-state index contributed by atoms with van der Waals surface area (Å²) in [6, 6.07) is 11.1. The van der Waals surface area contributed by atoms with Crippen LogP contribution < -0.4 is 30.9 Å². The van der Waals surface area contributed by atoms with Crippen molar-refractivity contribution in [2.24, 2.45) is 0 Å².